The Kier molecular flexibility index (Phi) is 16.4. The number of unbranched alkanes of at least 4 members (excludes halogenated alkanes) is 1. The Labute approximate surface area is 243 Å². The lowest BCUT2D eigenvalue weighted by Crippen LogP contribution is -2.34. The number of nitriles is 1. The quantitative estimate of drug-likeness (QED) is 0.340. The molecule has 8 heteroatoms. The number of anilines is 1. The van der Waals surface area contributed by atoms with Gasteiger partial charge >= 0.3 is 0 Å². The molecule has 3 aromatic carbocycles. The van der Waals surface area contributed by atoms with Crippen LogP contribution >= 0.6 is 0 Å². The Morgan fingerprint density at radius 1 is 1.00 bits per heavy atom. The first-order valence-corrected chi connectivity index (χ1v) is 14.0. The second-order valence-corrected chi connectivity index (χ2v) is 9.62. The van der Waals surface area contributed by atoms with Crippen LogP contribution in [0.3, 0.4) is 0 Å². The molecule has 0 spiro atoms. The minimum atomic E-state index is -0.527. The van der Waals surface area contributed by atoms with E-state index in [0.717, 1.165) is 57.1 Å². The van der Waals surface area contributed by atoms with Crippen molar-refractivity contribution in [2.75, 3.05) is 31.1 Å². The van der Waals surface area contributed by atoms with Crippen LogP contribution in [0.2, 0.25) is 0 Å². The van der Waals surface area contributed by atoms with Gasteiger partial charge in [-0.05, 0) is 75.0 Å². The van der Waals surface area contributed by atoms with Crippen LogP contribution in [0, 0.1) is 36.8 Å². The van der Waals surface area contributed by atoms with E-state index in [1.807, 2.05) is 0 Å². The summed E-state index contributed by atoms with van der Waals surface area (Å²) in [5.74, 6) is -1.00. The van der Waals surface area contributed by atoms with Crippen LogP contribution in [0.4, 0.5) is 14.5 Å². The van der Waals surface area contributed by atoms with Crippen molar-refractivity contribution in [1.29, 1.82) is 5.26 Å². The van der Waals surface area contributed by atoms with Gasteiger partial charge in [-0.3, -0.25) is 4.79 Å². The summed E-state index contributed by atoms with van der Waals surface area (Å²) in [5.41, 5.74) is 15.2. The van der Waals surface area contributed by atoms with Crippen LogP contribution in [0.25, 0.3) is 0 Å². The number of carbonyl (C=O) groups excluding carboxylic acids is 1. The highest BCUT2D eigenvalue weighted by Gasteiger charge is 2.23. The molecule has 1 amide bonds. The molecule has 0 unspecified atom stereocenters. The van der Waals surface area contributed by atoms with Gasteiger partial charge in [-0.15, -0.1) is 0 Å². The molecule has 222 valence electrons. The Morgan fingerprint density at radius 2 is 1.66 bits per heavy atom. The summed E-state index contributed by atoms with van der Waals surface area (Å²) in [6, 6.07) is 17.3. The molecule has 0 fully saturated rings. The Bertz CT molecular complexity index is 1220. The zero-order valence-corrected chi connectivity index (χ0v) is 25.0. The molecule has 0 saturated carbocycles. The first-order valence-electron chi connectivity index (χ1n) is 14.0. The number of amides is 1. The molecule has 6 nitrogen and oxygen atoms in total. The molecule has 0 atom stereocenters. The fourth-order valence-electron chi connectivity index (χ4n) is 3.81. The van der Waals surface area contributed by atoms with E-state index in [2.05, 4.69) is 62.9 Å². The van der Waals surface area contributed by atoms with E-state index in [9.17, 15) is 13.6 Å². The Hall–Kier alpha value is -3.96. The van der Waals surface area contributed by atoms with Crippen LogP contribution in [0.15, 0.2) is 54.6 Å². The zero-order chi connectivity index (χ0) is 30.8. The normalized spacial score (nSPS) is 11.1. The fraction of sp³-hybridized carbons (Fsp3) is 0.394. The van der Waals surface area contributed by atoms with Crippen LogP contribution in [0.1, 0.15) is 72.6 Å². The molecule has 41 heavy (non-hydrogen) atoms. The average Bonchev–Trinajstić information content (AvgIpc) is 2.95. The van der Waals surface area contributed by atoms with Crippen molar-refractivity contribution in [2.45, 2.75) is 60.3 Å². The molecule has 0 saturated heterocycles. The SMILES string of the molecule is CCCCN1CCOc2c(C#N)cc(C(N)=O)cc21.CCCN.CCc1cccc(C)c1.Cc1cc(F)cc(F)c1. The standard InChI is InChI=1S/C14H17N3O2.C9H12.C7H6F2.C3H9N/c1-2-3-4-17-5-6-19-13-11(9-15)7-10(14(16)18)8-12(13)17;1-3-9-6-4-5-8(2)7-9;1-5-2-6(8)4-7(9)3-5;1-2-3-4/h7-8H,2-6H2,1H3,(H2,16,18);4-7H,3H2,1-2H3;2-4H,1H3;2-4H2,1H3. The second-order valence-electron chi connectivity index (χ2n) is 9.62. The van der Waals surface area contributed by atoms with Crippen molar-refractivity contribution in [3.63, 3.8) is 0 Å². The molecular weight excluding hydrogens is 522 g/mol. The topological polar surface area (TPSA) is 105 Å². The average molecular weight is 567 g/mol. The van der Waals surface area contributed by atoms with Gasteiger partial charge in [0.05, 0.1) is 17.8 Å². The molecule has 1 aliphatic rings. The molecule has 0 aliphatic carbocycles. The van der Waals surface area contributed by atoms with Crippen LogP contribution in [-0.2, 0) is 6.42 Å². The van der Waals surface area contributed by atoms with Crippen molar-refractivity contribution in [2.24, 2.45) is 11.5 Å². The predicted octanol–water partition coefficient (Wildman–Crippen LogP) is 6.84. The number of ether oxygens (including phenoxy) is 1. The Morgan fingerprint density at radius 3 is 2.12 bits per heavy atom. The van der Waals surface area contributed by atoms with E-state index in [0.29, 0.717) is 29.0 Å². The molecular formula is C33H44F2N4O2. The van der Waals surface area contributed by atoms with Crippen LogP contribution < -0.4 is 21.1 Å². The summed E-state index contributed by atoms with van der Waals surface area (Å²) < 4.78 is 30.0. The first kappa shape index (κ1) is 35.1. The fourth-order valence-corrected chi connectivity index (χ4v) is 3.81. The number of primary amides is 1. The van der Waals surface area contributed by atoms with Gasteiger partial charge in [-0.1, -0.05) is 57.0 Å². The summed E-state index contributed by atoms with van der Waals surface area (Å²) >= 11 is 0. The molecule has 0 bridgehead atoms. The van der Waals surface area contributed by atoms with E-state index in [-0.39, 0.29) is 0 Å². The van der Waals surface area contributed by atoms with Gasteiger partial charge in [0.1, 0.15) is 24.3 Å². The van der Waals surface area contributed by atoms with Gasteiger partial charge in [0.15, 0.2) is 5.75 Å². The number of hydrogen-bond donors (Lipinski definition) is 2. The predicted molar refractivity (Wildman–Crippen MR) is 163 cm³/mol. The maximum Gasteiger partial charge on any atom is 0.248 e. The number of rotatable bonds is 6. The maximum atomic E-state index is 12.2. The summed E-state index contributed by atoms with van der Waals surface area (Å²) in [5, 5.41) is 9.16. The highest BCUT2D eigenvalue weighted by molar-refractivity contribution is 5.95. The molecule has 4 rings (SSSR count). The highest BCUT2D eigenvalue weighted by atomic mass is 19.1. The number of nitrogens with two attached hydrogens (primary N) is 2. The van der Waals surface area contributed by atoms with Crippen molar-refractivity contribution in [3.8, 4) is 11.8 Å². The lowest BCUT2D eigenvalue weighted by atomic mass is 10.1. The number of nitrogens with zero attached hydrogens (tertiary/aromatic N) is 2. The number of fused-ring (bicyclic) bond motifs is 1. The van der Waals surface area contributed by atoms with E-state index >= 15 is 0 Å². The second kappa shape index (κ2) is 19.2. The molecule has 3 aromatic rings. The number of benzene rings is 3. The van der Waals surface area contributed by atoms with E-state index in [1.54, 1.807) is 13.0 Å². The van der Waals surface area contributed by atoms with Gasteiger partial charge in [-0.25, -0.2) is 8.78 Å². The maximum absolute atomic E-state index is 12.2. The van der Waals surface area contributed by atoms with Gasteiger partial charge in [-0.2, -0.15) is 5.26 Å². The number of aryl methyl sites for hydroxylation is 3. The summed E-state index contributed by atoms with van der Waals surface area (Å²) in [6.45, 7) is 13.2. The van der Waals surface area contributed by atoms with Crippen molar-refractivity contribution in [3.05, 3.63) is 94.0 Å². The first-order chi connectivity index (χ1) is 19.6. The minimum absolute atomic E-state index is 0.349. The minimum Gasteiger partial charge on any atom is -0.488 e. The summed E-state index contributed by atoms with van der Waals surface area (Å²) in [6.07, 6.45) is 4.39. The molecule has 4 N–H and O–H groups in total. The van der Waals surface area contributed by atoms with Gasteiger partial charge in [0.2, 0.25) is 5.91 Å². The Balaban J connectivity index is 0.000000318. The van der Waals surface area contributed by atoms with E-state index < -0.39 is 17.5 Å². The molecule has 0 aromatic heterocycles. The number of carbonyl (C=O) groups is 1. The van der Waals surface area contributed by atoms with E-state index in [1.165, 1.54) is 29.3 Å². The summed E-state index contributed by atoms with van der Waals surface area (Å²) in [4.78, 5) is 13.5. The number of halogens is 2. The smallest absolute Gasteiger partial charge is 0.248 e. The number of hydrogen-bond acceptors (Lipinski definition) is 5. The van der Waals surface area contributed by atoms with Gasteiger partial charge < -0.3 is 21.1 Å². The van der Waals surface area contributed by atoms with Crippen LogP contribution in [-0.4, -0.2) is 32.1 Å². The van der Waals surface area contributed by atoms with Crippen molar-refractivity contribution >= 4 is 11.6 Å². The monoisotopic (exact) mass is 566 g/mol. The van der Waals surface area contributed by atoms with Gasteiger partial charge in [0, 0.05) is 18.2 Å². The third-order valence-electron chi connectivity index (χ3n) is 5.99. The van der Waals surface area contributed by atoms with E-state index in [4.69, 9.17) is 21.5 Å². The lowest BCUT2D eigenvalue weighted by Gasteiger charge is -2.32. The summed E-state index contributed by atoms with van der Waals surface area (Å²) in [7, 11) is 0. The highest BCUT2D eigenvalue weighted by Crippen LogP contribution is 2.36. The molecule has 1 heterocycles. The third kappa shape index (κ3) is 12.8. The molecule has 0 radical (unpaired) electrons. The van der Waals surface area contributed by atoms with Crippen LogP contribution in [0.5, 0.6) is 5.75 Å². The van der Waals surface area contributed by atoms with Crippen molar-refractivity contribution in [1.82, 2.24) is 0 Å². The zero-order valence-electron chi connectivity index (χ0n) is 25.0. The molecule has 1 aliphatic heterocycles. The third-order valence-corrected chi connectivity index (χ3v) is 5.99. The van der Waals surface area contributed by atoms with Crippen molar-refractivity contribution < 1.29 is 18.3 Å². The van der Waals surface area contributed by atoms with Gasteiger partial charge in [0.25, 0.3) is 0 Å². The largest absolute Gasteiger partial charge is 0.488 e. The lowest BCUT2D eigenvalue weighted by molar-refractivity contribution is 0.1000.